The Balaban J connectivity index is 1.63. The van der Waals surface area contributed by atoms with Gasteiger partial charge in [0.05, 0.1) is 16.2 Å². The van der Waals surface area contributed by atoms with Gasteiger partial charge < -0.3 is 0 Å². The maximum Gasteiger partial charge on any atom is 0.416 e. The molecule has 0 unspecified atom stereocenters. The highest BCUT2D eigenvalue weighted by atomic mass is 32.2. The minimum Gasteiger partial charge on any atom is -0.268 e. The number of carbonyl (C=O) groups is 1. The summed E-state index contributed by atoms with van der Waals surface area (Å²) < 4.78 is 39.7. The van der Waals surface area contributed by atoms with Crippen molar-refractivity contribution in [3.05, 3.63) is 94.9 Å². The van der Waals surface area contributed by atoms with Crippen LogP contribution in [0.15, 0.2) is 83.8 Å². The van der Waals surface area contributed by atoms with E-state index in [0.717, 1.165) is 55.9 Å². The molecule has 4 aromatic rings. The van der Waals surface area contributed by atoms with Crippen LogP contribution in [-0.2, 0) is 11.0 Å². The molecular weight excluding hydrogens is 451 g/mol. The van der Waals surface area contributed by atoms with E-state index in [4.69, 9.17) is 12.2 Å². The second kappa shape index (κ2) is 7.76. The fraction of sp³-hybridized carbons (Fsp3) is 0.0400. The molecule has 0 aliphatic carbocycles. The Morgan fingerprint density at radius 3 is 2.09 bits per heavy atom. The van der Waals surface area contributed by atoms with Crippen molar-refractivity contribution in [3.63, 3.8) is 0 Å². The normalized spacial score (nSPS) is 16.0. The molecule has 1 heterocycles. The summed E-state index contributed by atoms with van der Waals surface area (Å²) in [5.41, 5.74) is 0.157. The fourth-order valence-electron chi connectivity index (χ4n) is 3.85. The molecule has 7 heteroatoms. The summed E-state index contributed by atoms with van der Waals surface area (Å²) in [6, 6.07) is 22.5. The molecule has 0 saturated carbocycles. The van der Waals surface area contributed by atoms with Crippen molar-refractivity contribution >= 4 is 67.5 Å². The lowest BCUT2D eigenvalue weighted by molar-refractivity contribution is -0.137. The van der Waals surface area contributed by atoms with E-state index in [2.05, 4.69) is 6.07 Å². The summed E-state index contributed by atoms with van der Waals surface area (Å²) in [5, 5.41) is 4.03. The number of alkyl halides is 3. The Bertz CT molecular complexity index is 1390. The molecule has 2 nitrogen and oxygen atoms in total. The molecule has 0 N–H and O–H groups in total. The third-order valence-corrected chi connectivity index (χ3v) is 6.62. The van der Waals surface area contributed by atoms with Crippen LogP contribution in [0.1, 0.15) is 11.1 Å². The predicted molar refractivity (Wildman–Crippen MR) is 129 cm³/mol. The second-order valence-electron chi connectivity index (χ2n) is 7.30. The third kappa shape index (κ3) is 3.57. The van der Waals surface area contributed by atoms with Crippen LogP contribution in [0.5, 0.6) is 0 Å². The first kappa shape index (κ1) is 20.7. The molecule has 158 valence electrons. The van der Waals surface area contributed by atoms with Gasteiger partial charge >= 0.3 is 6.18 Å². The monoisotopic (exact) mass is 465 g/mol. The molecule has 0 spiro atoms. The zero-order valence-electron chi connectivity index (χ0n) is 16.4. The summed E-state index contributed by atoms with van der Waals surface area (Å²) in [5.74, 6) is -0.434. The fourth-order valence-corrected chi connectivity index (χ4v) is 5.13. The molecule has 0 atom stereocenters. The quantitative estimate of drug-likeness (QED) is 0.175. The topological polar surface area (TPSA) is 20.3 Å². The van der Waals surface area contributed by atoms with E-state index in [1.807, 2.05) is 48.5 Å². The van der Waals surface area contributed by atoms with Gasteiger partial charge in [0.2, 0.25) is 0 Å². The molecule has 1 aliphatic rings. The average Bonchev–Trinajstić information content (AvgIpc) is 3.06. The van der Waals surface area contributed by atoms with Gasteiger partial charge in [0.1, 0.15) is 0 Å². The summed E-state index contributed by atoms with van der Waals surface area (Å²) in [7, 11) is 0. The van der Waals surface area contributed by atoms with E-state index in [1.54, 1.807) is 6.08 Å². The Morgan fingerprint density at radius 1 is 0.844 bits per heavy atom. The van der Waals surface area contributed by atoms with Crippen LogP contribution in [-0.4, -0.2) is 10.2 Å². The van der Waals surface area contributed by atoms with Crippen LogP contribution in [0.2, 0.25) is 0 Å². The molecule has 1 fully saturated rings. The third-order valence-electron chi connectivity index (χ3n) is 5.31. The first-order valence-electron chi connectivity index (χ1n) is 9.69. The van der Waals surface area contributed by atoms with E-state index < -0.39 is 17.6 Å². The Hall–Kier alpha value is -3.16. The van der Waals surface area contributed by atoms with Crippen molar-refractivity contribution in [2.75, 3.05) is 4.90 Å². The van der Waals surface area contributed by atoms with Crippen LogP contribution in [0, 0.1) is 0 Å². The Labute approximate surface area is 191 Å². The van der Waals surface area contributed by atoms with E-state index in [0.29, 0.717) is 4.91 Å². The maximum atomic E-state index is 13.2. The number of rotatable bonds is 2. The van der Waals surface area contributed by atoms with Crippen molar-refractivity contribution in [3.8, 4) is 0 Å². The lowest BCUT2D eigenvalue weighted by Gasteiger charge is -2.16. The standard InChI is InChI=1S/C25H14F3NOS2/c26-25(27,28)17-8-5-9-18(13-17)29-23(30)22(32-24(29)31)14-21-19-10-3-1-6-15(19)12-16-7-2-4-11-20(16)21/h1-14H. The number of hydrogen-bond donors (Lipinski definition) is 0. The summed E-state index contributed by atoms with van der Waals surface area (Å²) in [4.78, 5) is 14.8. The molecule has 1 saturated heterocycles. The predicted octanol–water partition coefficient (Wildman–Crippen LogP) is 7.42. The summed E-state index contributed by atoms with van der Waals surface area (Å²) in [6.07, 6.45) is -2.72. The summed E-state index contributed by atoms with van der Waals surface area (Å²) in [6.45, 7) is 0. The maximum absolute atomic E-state index is 13.2. The Kier molecular flexibility index (Phi) is 5.03. The van der Waals surface area contributed by atoms with Gasteiger partial charge in [-0.3, -0.25) is 9.69 Å². The number of benzene rings is 4. The molecular formula is C25H14F3NOS2. The number of carbonyl (C=O) groups excluding carboxylic acids is 1. The van der Waals surface area contributed by atoms with Crippen LogP contribution >= 0.6 is 24.0 Å². The number of hydrogen-bond acceptors (Lipinski definition) is 3. The summed E-state index contributed by atoms with van der Waals surface area (Å²) >= 11 is 6.46. The first-order valence-corrected chi connectivity index (χ1v) is 10.9. The van der Waals surface area contributed by atoms with E-state index in [-0.39, 0.29) is 10.0 Å². The minimum absolute atomic E-state index is 0.105. The highest BCUT2D eigenvalue weighted by Crippen LogP contribution is 2.40. The van der Waals surface area contributed by atoms with Crippen molar-refractivity contribution in [1.82, 2.24) is 0 Å². The van der Waals surface area contributed by atoms with Gasteiger partial charge in [-0.05, 0) is 57.4 Å². The van der Waals surface area contributed by atoms with Crippen molar-refractivity contribution in [1.29, 1.82) is 0 Å². The van der Waals surface area contributed by atoms with Gasteiger partial charge in [-0.2, -0.15) is 13.2 Å². The van der Waals surface area contributed by atoms with Crippen LogP contribution < -0.4 is 4.90 Å². The molecule has 1 amide bonds. The zero-order valence-corrected chi connectivity index (χ0v) is 18.0. The lowest BCUT2D eigenvalue weighted by atomic mass is 9.96. The number of thiocarbonyl (C=S) groups is 1. The van der Waals surface area contributed by atoms with E-state index in [1.165, 1.54) is 12.1 Å². The molecule has 1 aliphatic heterocycles. The molecule has 0 radical (unpaired) electrons. The number of thioether (sulfide) groups is 1. The number of nitrogens with zero attached hydrogens (tertiary/aromatic N) is 1. The van der Waals surface area contributed by atoms with Crippen molar-refractivity contribution < 1.29 is 18.0 Å². The van der Waals surface area contributed by atoms with Crippen molar-refractivity contribution in [2.45, 2.75) is 6.18 Å². The van der Waals surface area contributed by atoms with Gasteiger partial charge in [0.25, 0.3) is 5.91 Å². The molecule has 4 aromatic carbocycles. The molecule has 32 heavy (non-hydrogen) atoms. The van der Waals surface area contributed by atoms with Gasteiger partial charge in [0.15, 0.2) is 4.32 Å². The second-order valence-corrected chi connectivity index (χ2v) is 8.97. The van der Waals surface area contributed by atoms with Crippen LogP contribution in [0.25, 0.3) is 27.6 Å². The number of amides is 1. The van der Waals surface area contributed by atoms with E-state index >= 15 is 0 Å². The van der Waals surface area contributed by atoms with E-state index in [9.17, 15) is 18.0 Å². The SMILES string of the molecule is O=C1C(=Cc2c3ccccc3cc3ccccc23)SC(=S)N1c1cccc(C(F)(F)F)c1. The zero-order chi connectivity index (χ0) is 22.5. The molecule has 5 rings (SSSR count). The highest BCUT2D eigenvalue weighted by molar-refractivity contribution is 8.27. The molecule has 0 bridgehead atoms. The largest absolute Gasteiger partial charge is 0.416 e. The smallest absolute Gasteiger partial charge is 0.268 e. The lowest BCUT2D eigenvalue weighted by Crippen LogP contribution is -2.27. The minimum atomic E-state index is -4.51. The van der Waals surface area contributed by atoms with Crippen molar-refractivity contribution in [2.24, 2.45) is 0 Å². The van der Waals surface area contributed by atoms with Gasteiger partial charge in [-0.1, -0.05) is 78.6 Å². The number of fused-ring (bicyclic) bond motifs is 2. The highest BCUT2D eigenvalue weighted by Gasteiger charge is 2.36. The number of anilines is 1. The van der Waals surface area contributed by atoms with Crippen LogP contribution in [0.3, 0.4) is 0 Å². The van der Waals surface area contributed by atoms with Crippen LogP contribution in [0.4, 0.5) is 18.9 Å². The van der Waals surface area contributed by atoms with Gasteiger partial charge in [-0.25, -0.2) is 0 Å². The van der Waals surface area contributed by atoms with Gasteiger partial charge in [0, 0.05) is 0 Å². The Morgan fingerprint density at radius 2 is 1.47 bits per heavy atom. The number of halogens is 3. The molecule has 0 aromatic heterocycles. The average molecular weight is 466 g/mol. The van der Waals surface area contributed by atoms with Gasteiger partial charge in [-0.15, -0.1) is 0 Å². The first-order chi connectivity index (χ1) is 15.3.